The second-order valence-corrected chi connectivity index (χ2v) is 8.37. The molecule has 0 aliphatic heterocycles. The molecule has 1 atom stereocenters. The number of para-hydroxylation sites is 1. The normalized spacial score (nSPS) is 12.6. The summed E-state index contributed by atoms with van der Waals surface area (Å²) in [7, 11) is 2.21. The highest BCUT2D eigenvalue weighted by Gasteiger charge is 2.12. The van der Waals surface area contributed by atoms with Crippen LogP contribution in [-0.4, -0.2) is 17.0 Å². The maximum absolute atomic E-state index is 4.82. The van der Waals surface area contributed by atoms with Crippen molar-refractivity contribution in [3.63, 3.8) is 0 Å². The van der Waals surface area contributed by atoms with E-state index in [9.17, 15) is 0 Å². The van der Waals surface area contributed by atoms with Crippen LogP contribution in [0.25, 0.3) is 20.8 Å². The molecular weight excluding hydrogens is 346 g/mol. The van der Waals surface area contributed by atoms with Crippen molar-refractivity contribution in [2.24, 2.45) is 0 Å². The number of nitrogens with one attached hydrogen (secondary N) is 1. The van der Waals surface area contributed by atoms with Crippen LogP contribution in [0.15, 0.2) is 53.9 Å². The lowest BCUT2D eigenvalue weighted by Gasteiger charge is -2.10. The zero-order chi connectivity index (χ0) is 17.2. The second-order valence-electron chi connectivity index (χ2n) is 6.40. The fraction of sp³-hybridized carbons (Fsp3) is 0.200. The van der Waals surface area contributed by atoms with E-state index in [1.165, 1.54) is 25.7 Å². The van der Waals surface area contributed by atoms with Crippen LogP contribution in [0.3, 0.4) is 0 Å². The Morgan fingerprint density at radius 3 is 2.56 bits per heavy atom. The Hall–Kier alpha value is -2.08. The molecule has 5 heteroatoms. The first kappa shape index (κ1) is 16.4. The molecule has 0 aliphatic carbocycles. The minimum Gasteiger partial charge on any atom is -0.327 e. The summed E-state index contributed by atoms with van der Waals surface area (Å²) in [5, 5.41) is 4.47. The number of rotatable bonds is 5. The molecule has 126 valence electrons. The molecule has 0 fully saturated rings. The van der Waals surface area contributed by atoms with Crippen molar-refractivity contribution in [3.05, 3.63) is 70.2 Å². The van der Waals surface area contributed by atoms with Gasteiger partial charge in [0.25, 0.3) is 0 Å². The van der Waals surface area contributed by atoms with Crippen LogP contribution in [0.5, 0.6) is 0 Å². The molecule has 0 aliphatic rings. The minimum atomic E-state index is 0.915. The molecule has 0 bridgehead atoms. The number of fused-ring (bicyclic) bond motifs is 1. The van der Waals surface area contributed by atoms with E-state index in [-0.39, 0.29) is 0 Å². The molecule has 3 nitrogen and oxygen atoms in total. The molecular formula is C20H20N3S2+. The van der Waals surface area contributed by atoms with Crippen LogP contribution in [-0.2, 0) is 13.1 Å². The predicted octanol–water partition coefficient (Wildman–Crippen LogP) is 3.94. The molecule has 0 saturated carbocycles. The third-order valence-electron chi connectivity index (χ3n) is 4.12. The lowest BCUT2D eigenvalue weighted by atomic mass is 10.2. The standard InChI is InChI=1S/C20H19N3S2/c1-14-7-9-15(10-8-14)20-21-16(13-24-20)11-23(2)12-19-22-17-5-3-4-6-18(17)25-19/h3-10,13H,11-12H2,1-2H3/p+1. The lowest BCUT2D eigenvalue weighted by Crippen LogP contribution is -3.06. The predicted molar refractivity (Wildman–Crippen MR) is 106 cm³/mol. The van der Waals surface area contributed by atoms with E-state index >= 15 is 0 Å². The molecule has 4 aromatic rings. The fourth-order valence-corrected chi connectivity index (χ4v) is 4.75. The Balaban J connectivity index is 1.44. The van der Waals surface area contributed by atoms with Gasteiger partial charge in [-0.1, -0.05) is 42.0 Å². The van der Waals surface area contributed by atoms with Gasteiger partial charge in [-0.15, -0.1) is 22.7 Å². The molecule has 25 heavy (non-hydrogen) atoms. The fourth-order valence-electron chi connectivity index (χ4n) is 2.84. The maximum Gasteiger partial charge on any atom is 0.148 e. The summed E-state index contributed by atoms with van der Waals surface area (Å²) in [6.07, 6.45) is 0. The van der Waals surface area contributed by atoms with Crippen LogP contribution >= 0.6 is 22.7 Å². The van der Waals surface area contributed by atoms with Gasteiger partial charge in [0, 0.05) is 10.9 Å². The highest BCUT2D eigenvalue weighted by Crippen LogP contribution is 2.24. The van der Waals surface area contributed by atoms with Crippen molar-refractivity contribution in [2.45, 2.75) is 20.0 Å². The highest BCUT2D eigenvalue weighted by atomic mass is 32.1. The quantitative estimate of drug-likeness (QED) is 0.580. The summed E-state index contributed by atoms with van der Waals surface area (Å²) in [5.41, 5.74) is 4.73. The maximum atomic E-state index is 4.82. The molecule has 1 unspecified atom stereocenters. The molecule has 2 heterocycles. The SMILES string of the molecule is Cc1ccc(-c2nc(C[NH+](C)Cc3nc4ccccc4s3)cs2)cc1. The summed E-state index contributed by atoms with van der Waals surface area (Å²) in [6.45, 7) is 3.95. The molecule has 0 radical (unpaired) electrons. The summed E-state index contributed by atoms with van der Waals surface area (Å²) in [5.74, 6) is 0. The van der Waals surface area contributed by atoms with Gasteiger partial charge in [-0.05, 0) is 19.1 Å². The van der Waals surface area contributed by atoms with Gasteiger partial charge in [0.05, 0.1) is 17.3 Å². The topological polar surface area (TPSA) is 30.2 Å². The summed E-state index contributed by atoms with van der Waals surface area (Å²) >= 11 is 3.51. The molecule has 0 amide bonds. The third-order valence-corrected chi connectivity index (χ3v) is 6.10. The van der Waals surface area contributed by atoms with Gasteiger partial charge in [-0.2, -0.15) is 0 Å². The van der Waals surface area contributed by atoms with E-state index < -0.39 is 0 Å². The number of thiazole rings is 2. The summed E-state index contributed by atoms with van der Waals surface area (Å²) in [4.78, 5) is 11.0. The average molecular weight is 367 g/mol. The Morgan fingerprint density at radius 1 is 0.960 bits per heavy atom. The van der Waals surface area contributed by atoms with Crippen molar-refractivity contribution in [1.29, 1.82) is 0 Å². The van der Waals surface area contributed by atoms with Crippen LogP contribution in [0.4, 0.5) is 0 Å². The van der Waals surface area contributed by atoms with E-state index in [4.69, 9.17) is 9.97 Å². The highest BCUT2D eigenvalue weighted by molar-refractivity contribution is 7.18. The second kappa shape index (κ2) is 7.04. The molecule has 2 aromatic heterocycles. The summed E-state index contributed by atoms with van der Waals surface area (Å²) < 4.78 is 1.26. The van der Waals surface area contributed by atoms with Crippen molar-refractivity contribution >= 4 is 32.9 Å². The molecule has 0 spiro atoms. The third kappa shape index (κ3) is 3.79. The van der Waals surface area contributed by atoms with Crippen molar-refractivity contribution < 1.29 is 4.90 Å². The number of aryl methyl sites for hydroxylation is 1. The number of aromatic nitrogens is 2. The van der Waals surface area contributed by atoms with E-state index in [0.717, 1.165) is 29.3 Å². The van der Waals surface area contributed by atoms with Gasteiger partial charge in [0.1, 0.15) is 28.8 Å². The molecule has 1 N–H and O–H groups in total. The van der Waals surface area contributed by atoms with Gasteiger partial charge >= 0.3 is 0 Å². The van der Waals surface area contributed by atoms with Crippen LogP contribution in [0.2, 0.25) is 0 Å². The van der Waals surface area contributed by atoms with Gasteiger partial charge in [-0.3, -0.25) is 0 Å². The van der Waals surface area contributed by atoms with Crippen molar-refractivity contribution in [3.8, 4) is 10.6 Å². The lowest BCUT2D eigenvalue weighted by molar-refractivity contribution is -0.907. The number of nitrogens with zero attached hydrogens (tertiary/aromatic N) is 2. The Morgan fingerprint density at radius 2 is 1.76 bits per heavy atom. The van der Waals surface area contributed by atoms with Gasteiger partial charge in [0.15, 0.2) is 0 Å². The van der Waals surface area contributed by atoms with Gasteiger partial charge < -0.3 is 4.90 Å². The smallest absolute Gasteiger partial charge is 0.148 e. The van der Waals surface area contributed by atoms with Crippen LogP contribution in [0.1, 0.15) is 16.3 Å². The van der Waals surface area contributed by atoms with Gasteiger partial charge in [-0.25, -0.2) is 9.97 Å². The average Bonchev–Trinajstić information content (AvgIpc) is 3.21. The van der Waals surface area contributed by atoms with Crippen LogP contribution in [0, 0.1) is 6.92 Å². The van der Waals surface area contributed by atoms with Crippen molar-refractivity contribution in [2.75, 3.05) is 7.05 Å². The van der Waals surface area contributed by atoms with E-state index in [2.05, 4.69) is 61.8 Å². The van der Waals surface area contributed by atoms with E-state index in [0.29, 0.717) is 0 Å². The van der Waals surface area contributed by atoms with E-state index in [1.54, 1.807) is 22.7 Å². The Labute approximate surface area is 155 Å². The molecule has 0 saturated heterocycles. The first-order valence-corrected chi connectivity index (χ1v) is 10.0. The number of hydrogen-bond acceptors (Lipinski definition) is 4. The number of quaternary nitrogens is 1. The van der Waals surface area contributed by atoms with Crippen molar-refractivity contribution in [1.82, 2.24) is 9.97 Å². The summed E-state index contributed by atoms with van der Waals surface area (Å²) in [6, 6.07) is 16.9. The van der Waals surface area contributed by atoms with Crippen LogP contribution < -0.4 is 4.90 Å². The molecule has 2 aromatic carbocycles. The monoisotopic (exact) mass is 366 g/mol. The Bertz CT molecular complexity index is 953. The van der Waals surface area contributed by atoms with Gasteiger partial charge in [0.2, 0.25) is 0 Å². The number of hydrogen-bond donors (Lipinski definition) is 1. The zero-order valence-electron chi connectivity index (χ0n) is 14.3. The zero-order valence-corrected chi connectivity index (χ0v) is 16.0. The minimum absolute atomic E-state index is 0.915. The first-order chi connectivity index (χ1) is 12.2. The molecule has 4 rings (SSSR count). The largest absolute Gasteiger partial charge is 0.327 e. The first-order valence-electron chi connectivity index (χ1n) is 8.34. The Kier molecular flexibility index (Phi) is 4.61. The number of benzene rings is 2. The van der Waals surface area contributed by atoms with E-state index in [1.807, 2.05) is 6.07 Å².